The Hall–Kier alpha value is -0.130. The lowest BCUT2D eigenvalue weighted by Gasteiger charge is -2.24. The Morgan fingerprint density at radius 2 is 1.53 bits per heavy atom. The second-order valence-electron chi connectivity index (χ2n) is 4.84. The van der Waals surface area contributed by atoms with Crippen molar-refractivity contribution in [1.29, 1.82) is 0 Å². The average Bonchev–Trinajstić information content (AvgIpc) is 2.31. The highest BCUT2D eigenvalue weighted by atomic mass is 127. The SMILES string of the molecule is F/C(C=[N+]1CCCCC1)=C\N1CCCCC1.[I-]. The van der Waals surface area contributed by atoms with Crippen molar-refractivity contribution in [1.82, 2.24) is 4.90 Å². The summed E-state index contributed by atoms with van der Waals surface area (Å²) in [4.78, 5) is 2.11. The van der Waals surface area contributed by atoms with E-state index in [1.165, 1.54) is 38.5 Å². The van der Waals surface area contributed by atoms with Crippen molar-refractivity contribution in [2.45, 2.75) is 38.5 Å². The number of likely N-dealkylation sites (tertiary alicyclic amines) is 1. The van der Waals surface area contributed by atoms with E-state index in [0.29, 0.717) is 0 Å². The Bertz CT molecular complexity index is 275. The van der Waals surface area contributed by atoms with Gasteiger partial charge < -0.3 is 28.9 Å². The first-order valence-corrected chi connectivity index (χ1v) is 6.55. The Labute approximate surface area is 121 Å². The lowest BCUT2D eigenvalue weighted by Crippen LogP contribution is -3.00. The van der Waals surface area contributed by atoms with Gasteiger partial charge in [-0.05, 0) is 25.7 Å². The standard InChI is InChI=1S/C13H22FN2.HI/c14-13(11-15-7-3-1-4-8-15)12-16-9-5-2-6-10-16;/h11-12H,1-10H2;1H/q+1;/p-1. The summed E-state index contributed by atoms with van der Waals surface area (Å²) >= 11 is 0. The Morgan fingerprint density at radius 3 is 2.18 bits per heavy atom. The van der Waals surface area contributed by atoms with Crippen LogP contribution in [-0.2, 0) is 0 Å². The van der Waals surface area contributed by atoms with E-state index < -0.39 is 0 Å². The molecule has 0 aromatic heterocycles. The van der Waals surface area contributed by atoms with Gasteiger partial charge in [0.2, 0.25) is 12.0 Å². The topological polar surface area (TPSA) is 6.25 Å². The van der Waals surface area contributed by atoms with Gasteiger partial charge in [0, 0.05) is 32.1 Å². The van der Waals surface area contributed by atoms with E-state index in [2.05, 4.69) is 9.48 Å². The van der Waals surface area contributed by atoms with Crippen LogP contribution in [0.5, 0.6) is 0 Å². The molecule has 0 saturated carbocycles. The summed E-state index contributed by atoms with van der Waals surface area (Å²) in [7, 11) is 0. The fourth-order valence-electron chi connectivity index (χ4n) is 2.48. The molecule has 0 radical (unpaired) electrons. The molecule has 0 spiro atoms. The van der Waals surface area contributed by atoms with E-state index in [1.54, 1.807) is 12.4 Å². The zero-order valence-electron chi connectivity index (χ0n) is 10.4. The zero-order valence-corrected chi connectivity index (χ0v) is 12.5. The fourth-order valence-corrected chi connectivity index (χ4v) is 2.48. The number of halogens is 2. The van der Waals surface area contributed by atoms with Crippen molar-refractivity contribution in [2.24, 2.45) is 0 Å². The average molecular weight is 352 g/mol. The van der Waals surface area contributed by atoms with Crippen LogP contribution in [-0.4, -0.2) is 41.9 Å². The highest BCUT2D eigenvalue weighted by molar-refractivity contribution is 5.70. The van der Waals surface area contributed by atoms with Gasteiger partial charge in [-0.25, -0.2) is 4.58 Å². The van der Waals surface area contributed by atoms with Crippen molar-refractivity contribution < 1.29 is 32.9 Å². The van der Waals surface area contributed by atoms with E-state index >= 15 is 0 Å². The van der Waals surface area contributed by atoms with E-state index in [4.69, 9.17) is 0 Å². The van der Waals surface area contributed by atoms with Gasteiger partial charge in [-0.3, -0.25) is 0 Å². The minimum atomic E-state index is -0.0798. The summed E-state index contributed by atoms with van der Waals surface area (Å²) in [6, 6.07) is 0. The molecule has 0 aliphatic carbocycles. The molecule has 17 heavy (non-hydrogen) atoms. The van der Waals surface area contributed by atoms with Crippen LogP contribution in [0.15, 0.2) is 12.0 Å². The second-order valence-corrected chi connectivity index (χ2v) is 4.84. The molecule has 98 valence electrons. The van der Waals surface area contributed by atoms with Crippen molar-refractivity contribution in [3.8, 4) is 0 Å². The lowest BCUT2D eigenvalue weighted by molar-refractivity contribution is -0.532. The minimum absolute atomic E-state index is 0. The molecule has 4 heteroatoms. The van der Waals surface area contributed by atoms with Crippen LogP contribution in [0.4, 0.5) is 4.39 Å². The first kappa shape index (κ1) is 14.9. The summed E-state index contributed by atoms with van der Waals surface area (Å²) < 4.78 is 15.8. The molecular formula is C13H22FIN2. The summed E-state index contributed by atoms with van der Waals surface area (Å²) in [6.07, 6.45) is 10.8. The Balaban J connectivity index is 0.00000144. The molecule has 0 bridgehead atoms. The third kappa shape index (κ3) is 5.36. The van der Waals surface area contributed by atoms with Gasteiger partial charge in [-0.15, -0.1) is 0 Å². The molecule has 0 N–H and O–H groups in total. The maximum Gasteiger partial charge on any atom is 0.201 e. The molecular weight excluding hydrogens is 330 g/mol. The zero-order chi connectivity index (χ0) is 11.2. The molecule has 0 aromatic carbocycles. The van der Waals surface area contributed by atoms with Gasteiger partial charge in [-0.2, -0.15) is 4.39 Å². The van der Waals surface area contributed by atoms with Crippen molar-refractivity contribution in [3.05, 3.63) is 12.0 Å². The minimum Gasteiger partial charge on any atom is -1.00 e. The molecule has 2 aliphatic heterocycles. The number of rotatable bonds is 2. The van der Waals surface area contributed by atoms with Crippen LogP contribution in [0.25, 0.3) is 0 Å². The molecule has 0 atom stereocenters. The molecule has 0 aromatic rings. The normalized spacial score (nSPS) is 22.1. The van der Waals surface area contributed by atoms with E-state index in [1.807, 2.05) is 0 Å². The maximum atomic E-state index is 13.7. The fraction of sp³-hybridized carbons (Fsp3) is 0.769. The van der Waals surface area contributed by atoms with Crippen LogP contribution in [0, 0.1) is 0 Å². The predicted octanol–water partition coefficient (Wildman–Crippen LogP) is -0.446. The molecule has 2 rings (SSSR count). The quantitative estimate of drug-likeness (QED) is 0.482. The number of hydrogen-bond donors (Lipinski definition) is 0. The monoisotopic (exact) mass is 352 g/mol. The van der Waals surface area contributed by atoms with E-state index in [-0.39, 0.29) is 29.8 Å². The first-order chi connectivity index (χ1) is 7.84. The molecule has 0 amide bonds. The van der Waals surface area contributed by atoms with Crippen molar-refractivity contribution in [3.63, 3.8) is 0 Å². The molecule has 2 nitrogen and oxygen atoms in total. The highest BCUT2D eigenvalue weighted by Gasteiger charge is 2.12. The van der Waals surface area contributed by atoms with Gasteiger partial charge in [0.15, 0.2) is 0 Å². The van der Waals surface area contributed by atoms with Gasteiger partial charge in [-0.1, -0.05) is 0 Å². The van der Waals surface area contributed by atoms with Gasteiger partial charge in [0.1, 0.15) is 13.1 Å². The first-order valence-electron chi connectivity index (χ1n) is 6.55. The number of allylic oxidation sites excluding steroid dienone is 1. The molecule has 2 saturated heterocycles. The van der Waals surface area contributed by atoms with Crippen LogP contribution in [0.3, 0.4) is 0 Å². The molecule has 2 heterocycles. The Kier molecular flexibility index (Phi) is 7.08. The van der Waals surface area contributed by atoms with Gasteiger partial charge >= 0.3 is 0 Å². The number of piperidine rings is 2. The molecule has 0 unspecified atom stereocenters. The van der Waals surface area contributed by atoms with E-state index in [9.17, 15) is 4.39 Å². The number of nitrogens with zero attached hydrogens (tertiary/aromatic N) is 2. The predicted molar refractivity (Wildman–Crippen MR) is 64.5 cm³/mol. The van der Waals surface area contributed by atoms with Crippen LogP contribution >= 0.6 is 0 Å². The lowest BCUT2D eigenvalue weighted by atomic mass is 10.1. The summed E-state index contributed by atoms with van der Waals surface area (Å²) in [5.74, 6) is -0.0798. The van der Waals surface area contributed by atoms with Crippen LogP contribution < -0.4 is 24.0 Å². The smallest absolute Gasteiger partial charge is 0.201 e. The maximum absolute atomic E-state index is 13.7. The van der Waals surface area contributed by atoms with E-state index in [0.717, 1.165) is 26.2 Å². The number of hydrogen-bond acceptors (Lipinski definition) is 1. The van der Waals surface area contributed by atoms with Crippen molar-refractivity contribution in [2.75, 3.05) is 26.2 Å². The molecule has 2 aliphatic rings. The molecule has 2 fully saturated rings. The van der Waals surface area contributed by atoms with Gasteiger partial charge in [0.05, 0.1) is 0 Å². The summed E-state index contributed by atoms with van der Waals surface area (Å²) in [5, 5.41) is 0. The van der Waals surface area contributed by atoms with Crippen LogP contribution in [0.1, 0.15) is 38.5 Å². The third-order valence-corrected chi connectivity index (χ3v) is 3.39. The second kappa shape index (κ2) is 8.06. The summed E-state index contributed by atoms with van der Waals surface area (Å²) in [5.41, 5.74) is 0. The van der Waals surface area contributed by atoms with Crippen LogP contribution in [0.2, 0.25) is 0 Å². The highest BCUT2D eigenvalue weighted by Crippen LogP contribution is 2.11. The largest absolute Gasteiger partial charge is 1.00 e. The summed E-state index contributed by atoms with van der Waals surface area (Å²) in [6.45, 7) is 4.06. The van der Waals surface area contributed by atoms with Crippen molar-refractivity contribution >= 4 is 6.21 Å². The third-order valence-electron chi connectivity index (χ3n) is 3.39. The van der Waals surface area contributed by atoms with Gasteiger partial charge in [0.25, 0.3) is 0 Å². The Morgan fingerprint density at radius 1 is 0.941 bits per heavy atom.